The molecule has 1 aromatic rings. The van der Waals surface area contributed by atoms with E-state index in [1.807, 2.05) is 13.2 Å². The van der Waals surface area contributed by atoms with Crippen LogP contribution in [0.3, 0.4) is 0 Å². The molecule has 5 nitrogen and oxygen atoms in total. The molecular weight excluding hydrogens is 413 g/mol. The summed E-state index contributed by atoms with van der Waals surface area (Å²) < 4.78 is 0. The summed E-state index contributed by atoms with van der Waals surface area (Å²) in [5, 5.41) is 3.47. The van der Waals surface area contributed by atoms with E-state index >= 15 is 0 Å². The highest BCUT2D eigenvalue weighted by molar-refractivity contribution is 14.0. The fourth-order valence-electron chi connectivity index (χ4n) is 2.99. The summed E-state index contributed by atoms with van der Waals surface area (Å²) in [4.78, 5) is 13.6. The predicted octanol–water partition coefficient (Wildman–Crippen LogP) is 3.35. The molecule has 0 spiro atoms. The molecule has 0 radical (unpaired) electrons. The van der Waals surface area contributed by atoms with Crippen LogP contribution in [0.2, 0.25) is 0 Å². The number of piperidine rings is 1. The lowest BCUT2D eigenvalue weighted by Crippen LogP contribution is -2.45. The zero-order valence-electron chi connectivity index (χ0n) is 15.5. The second kappa shape index (κ2) is 10.7. The molecule has 1 saturated heterocycles. The van der Waals surface area contributed by atoms with Crippen LogP contribution >= 0.6 is 24.0 Å². The molecule has 0 atom stereocenters. The Balaban J connectivity index is 0.00000288. The largest absolute Gasteiger partial charge is 0.357 e. The van der Waals surface area contributed by atoms with Crippen LogP contribution in [0.25, 0.3) is 0 Å². The molecule has 0 aliphatic carbocycles. The van der Waals surface area contributed by atoms with Crippen molar-refractivity contribution in [2.45, 2.75) is 40.2 Å². The molecule has 136 valence electrons. The van der Waals surface area contributed by atoms with Crippen LogP contribution in [0.5, 0.6) is 0 Å². The van der Waals surface area contributed by atoms with Gasteiger partial charge in [0.25, 0.3) is 0 Å². The van der Waals surface area contributed by atoms with Gasteiger partial charge in [0.1, 0.15) is 5.82 Å². The van der Waals surface area contributed by atoms with E-state index in [4.69, 9.17) is 0 Å². The first-order valence-electron chi connectivity index (χ1n) is 8.83. The predicted molar refractivity (Wildman–Crippen MR) is 113 cm³/mol. The molecule has 1 fully saturated rings. The molecule has 0 bridgehead atoms. The van der Waals surface area contributed by atoms with Crippen molar-refractivity contribution in [3.8, 4) is 0 Å². The Morgan fingerprint density at radius 3 is 2.46 bits per heavy atom. The number of hydrogen-bond acceptors (Lipinski definition) is 3. The Kier molecular flexibility index (Phi) is 9.39. The molecular formula is C18H32IN5. The SMILES string of the molecule is CCN(CC)c1ccc(CNC(=NC)N2CCC(C)CC2)cn1.I. The average molecular weight is 445 g/mol. The molecule has 1 N–H and O–H groups in total. The molecule has 6 heteroatoms. The van der Waals surface area contributed by atoms with Crippen LogP contribution in [0.15, 0.2) is 23.3 Å². The van der Waals surface area contributed by atoms with Crippen molar-refractivity contribution in [2.75, 3.05) is 38.1 Å². The first kappa shape index (κ1) is 21.0. The summed E-state index contributed by atoms with van der Waals surface area (Å²) in [5.41, 5.74) is 1.19. The third kappa shape index (κ3) is 5.79. The Hall–Kier alpha value is -1.05. The van der Waals surface area contributed by atoms with E-state index in [1.54, 1.807) is 0 Å². The third-order valence-electron chi connectivity index (χ3n) is 4.64. The van der Waals surface area contributed by atoms with E-state index in [2.05, 4.69) is 58.0 Å². The number of rotatable bonds is 5. The van der Waals surface area contributed by atoms with Crippen molar-refractivity contribution in [1.82, 2.24) is 15.2 Å². The summed E-state index contributed by atoms with van der Waals surface area (Å²) in [6, 6.07) is 4.26. The molecule has 0 aromatic carbocycles. The third-order valence-corrected chi connectivity index (χ3v) is 4.64. The van der Waals surface area contributed by atoms with Gasteiger partial charge in [-0.25, -0.2) is 4.98 Å². The van der Waals surface area contributed by atoms with Gasteiger partial charge in [0.2, 0.25) is 0 Å². The van der Waals surface area contributed by atoms with Gasteiger partial charge < -0.3 is 15.1 Å². The number of pyridine rings is 1. The van der Waals surface area contributed by atoms with Crippen LogP contribution in [-0.4, -0.2) is 49.1 Å². The molecule has 0 amide bonds. The zero-order valence-corrected chi connectivity index (χ0v) is 17.8. The highest BCUT2D eigenvalue weighted by Crippen LogP contribution is 2.16. The normalized spacial score (nSPS) is 15.8. The maximum atomic E-state index is 4.58. The van der Waals surface area contributed by atoms with Gasteiger partial charge in [-0.15, -0.1) is 24.0 Å². The molecule has 2 rings (SSSR count). The van der Waals surface area contributed by atoms with Crippen molar-refractivity contribution in [2.24, 2.45) is 10.9 Å². The minimum atomic E-state index is 0. The molecule has 0 saturated carbocycles. The van der Waals surface area contributed by atoms with Gasteiger partial charge in [-0.2, -0.15) is 0 Å². The van der Waals surface area contributed by atoms with Crippen molar-refractivity contribution >= 4 is 35.8 Å². The second-order valence-electron chi connectivity index (χ2n) is 6.27. The van der Waals surface area contributed by atoms with Crippen molar-refractivity contribution in [1.29, 1.82) is 0 Å². The Morgan fingerprint density at radius 2 is 1.96 bits per heavy atom. The van der Waals surface area contributed by atoms with Crippen LogP contribution in [0.1, 0.15) is 39.2 Å². The average Bonchev–Trinajstić information content (AvgIpc) is 2.59. The van der Waals surface area contributed by atoms with Gasteiger partial charge >= 0.3 is 0 Å². The lowest BCUT2D eigenvalue weighted by atomic mass is 10.00. The molecule has 0 unspecified atom stereocenters. The highest BCUT2D eigenvalue weighted by atomic mass is 127. The van der Waals surface area contributed by atoms with Crippen molar-refractivity contribution in [3.05, 3.63) is 23.9 Å². The number of halogens is 1. The summed E-state index contributed by atoms with van der Waals surface area (Å²) in [6.07, 6.45) is 4.47. The topological polar surface area (TPSA) is 43.8 Å². The summed E-state index contributed by atoms with van der Waals surface area (Å²) >= 11 is 0. The van der Waals surface area contributed by atoms with E-state index in [0.717, 1.165) is 50.4 Å². The summed E-state index contributed by atoms with van der Waals surface area (Å²) in [5.74, 6) is 2.89. The molecule has 2 heterocycles. The van der Waals surface area contributed by atoms with Crippen LogP contribution in [-0.2, 0) is 6.54 Å². The van der Waals surface area contributed by atoms with Gasteiger partial charge in [-0.3, -0.25) is 4.99 Å². The highest BCUT2D eigenvalue weighted by Gasteiger charge is 2.18. The molecule has 24 heavy (non-hydrogen) atoms. The van der Waals surface area contributed by atoms with Gasteiger partial charge in [-0.1, -0.05) is 13.0 Å². The number of likely N-dealkylation sites (tertiary alicyclic amines) is 1. The van der Waals surface area contributed by atoms with Gasteiger partial charge in [0, 0.05) is 46.0 Å². The smallest absolute Gasteiger partial charge is 0.193 e. The number of hydrogen-bond donors (Lipinski definition) is 1. The number of nitrogens with zero attached hydrogens (tertiary/aromatic N) is 4. The molecule has 1 aliphatic heterocycles. The van der Waals surface area contributed by atoms with E-state index < -0.39 is 0 Å². The van der Waals surface area contributed by atoms with Crippen LogP contribution < -0.4 is 10.2 Å². The fraction of sp³-hybridized carbons (Fsp3) is 0.667. The van der Waals surface area contributed by atoms with E-state index in [-0.39, 0.29) is 24.0 Å². The van der Waals surface area contributed by atoms with E-state index in [9.17, 15) is 0 Å². The maximum absolute atomic E-state index is 4.58. The lowest BCUT2D eigenvalue weighted by molar-refractivity contribution is 0.273. The minimum absolute atomic E-state index is 0. The number of aliphatic imine (C=N–C) groups is 1. The number of guanidine groups is 1. The van der Waals surface area contributed by atoms with Crippen molar-refractivity contribution < 1.29 is 0 Å². The number of anilines is 1. The van der Waals surface area contributed by atoms with E-state index in [0.29, 0.717) is 0 Å². The second-order valence-corrected chi connectivity index (χ2v) is 6.27. The van der Waals surface area contributed by atoms with Gasteiger partial charge in [0.15, 0.2) is 5.96 Å². The summed E-state index contributed by atoms with van der Waals surface area (Å²) in [7, 11) is 1.86. The lowest BCUT2D eigenvalue weighted by Gasteiger charge is -2.32. The zero-order chi connectivity index (χ0) is 16.7. The monoisotopic (exact) mass is 445 g/mol. The van der Waals surface area contributed by atoms with Gasteiger partial charge in [-0.05, 0) is 44.2 Å². The summed E-state index contributed by atoms with van der Waals surface area (Å²) in [6.45, 7) is 11.6. The Bertz CT molecular complexity index is 491. The number of aromatic nitrogens is 1. The fourth-order valence-corrected chi connectivity index (χ4v) is 2.99. The Labute approximate surface area is 163 Å². The standard InChI is InChI=1S/C18H31N5.HI/c1-5-22(6-2)17-8-7-16(13-20-17)14-21-18(19-4)23-11-9-15(3)10-12-23;/h7-8,13,15H,5-6,9-12,14H2,1-4H3,(H,19,21);1H. The van der Waals surface area contributed by atoms with Crippen molar-refractivity contribution in [3.63, 3.8) is 0 Å². The molecule has 1 aliphatic rings. The maximum Gasteiger partial charge on any atom is 0.193 e. The molecule has 1 aromatic heterocycles. The quantitative estimate of drug-likeness (QED) is 0.429. The minimum Gasteiger partial charge on any atom is -0.357 e. The van der Waals surface area contributed by atoms with Crippen LogP contribution in [0, 0.1) is 5.92 Å². The van der Waals surface area contributed by atoms with E-state index in [1.165, 1.54) is 18.4 Å². The number of nitrogens with one attached hydrogen (secondary N) is 1. The van der Waals surface area contributed by atoms with Crippen LogP contribution in [0.4, 0.5) is 5.82 Å². The first-order valence-corrected chi connectivity index (χ1v) is 8.83. The Morgan fingerprint density at radius 1 is 1.29 bits per heavy atom. The first-order chi connectivity index (χ1) is 11.2. The van der Waals surface area contributed by atoms with Gasteiger partial charge in [0.05, 0.1) is 0 Å².